The van der Waals surface area contributed by atoms with Gasteiger partial charge in [0.25, 0.3) is 0 Å². The highest BCUT2D eigenvalue weighted by Crippen LogP contribution is 1.95. The van der Waals surface area contributed by atoms with E-state index in [4.69, 9.17) is 5.53 Å². The average Bonchev–Trinajstić information content (AvgIpc) is 2.37. The number of amides is 2. The van der Waals surface area contributed by atoms with Crippen LogP contribution in [-0.2, 0) is 0 Å². The summed E-state index contributed by atoms with van der Waals surface area (Å²) in [5.41, 5.74) is 7.95. The molecule has 0 bridgehead atoms. The minimum atomic E-state index is -0.0712. The summed E-state index contributed by atoms with van der Waals surface area (Å²) in [4.78, 5) is 15.1. The van der Waals surface area contributed by atoms with Crippen LogP contribution in [0.1, 0.15) is 0 Å². The molecule has 1 aliphatic heterocycles. The fraction of sp³-hybridized carbons (Fsp3) is 0.800. The maximum absolute atomic E-state index is 10.8. The molecule has 60 valence electrons. The Bertz CT molecular complexity index is 197. The van der Waals surface area contributed by atoms with Crippen molar-refractivity contribution in [2.75, 3.05) is 26.2 Å². The van der Waals surface area contributed by atoms with Crippen LogP contribution in [0.2, 0.25) is 0 Å². The van der Waals surface area contributed by atoms with Crippen molar-refractivity contribution >= 4 is 6.03 Å². The number of rotatable bonds is 3. The second-order valence-electron chi connectivity index (χ2n) is 2.17. The Morgan fingerprint density at radius 1 is 1.82 bits per heavy atom. The van der Waals surface area contributed by atoms with Gasteiger partial charge in [-0.15, -0.1) is 0 Å². The zero-order valence-electron chi connectivity index (χ0n) is 6.03. The van der Waals surface area contributed by atoms with Gasteiger partial charge < -0.3 is 10.2 Å². The van der Waals surface area contributed by atoms with Gasteiger partial charge in [0.15, 0.2) is 0 Å². The smallest absolute Gasteiger partial charge is 0.317 e. The largest absolute Gasteiger partial charge is 0.336 e. The summed E-state index contributed by atoms with van der Waals surface area (Å²) in [6, 6.07) is -0.0712. The molecule has 1 fully saturated rings. The molecule has 1 N–H and O–H groups in total. The van der Waals surface area contributed by atoms with E-state index in [1.807, 2.05) is 0 Å². The molecule has 1 saturated heterocycles. The van der Waals surface area contributed by atoms with Gasteiger partial charge in [0.2, 0.25) is 0 Å². The Labute approximate surface area is 63.8 Å². The van der Waals surface area contributed by atoms with Crippen LogP contribution in [0, 0.1) is 0 Å². The summed E-state index contributed by atoms with van der Waals surface area (Å²) in [5.74, 6) is 0. The first-order valence-electron chi connectivity index (χ1n) is 3.38. The van der Waals surface area contributed by atoms with E-state index < -0.39 is 0 Å². The van der Waals surface area contributed by atoms with E-state index in [0.29, 0.717) is 26.2 Å². The highest BCUT2D eigenvalue weighted by molar-refractivity contribution is 5.76. The van der Waals surface area contributed by atoms with Gasteiger partial charge in [0.1, 0.15) is 0 Å². The summed E-state index contributed by atoms with van der Waals surface area (Å²) in [5, 5.41) is 5.98. The molecule has 2 amide bonds. The molecule has 0 saturated carbocycles. The second kappa shape index (κ2) is 3.68. The minimum absolute atomic E-state index is 0.0712. The summed E-state index contributed by atoms with van der Waals surface area (Å²) in [6.45, 7) is 2.26. The van der Waals surface area contributed by atoms with E-state index >= 15 is 0 Å². The van der Waals surface area contributed by atoms with Crippen LogP contribution in [0.5, 0.6) is 0 Å². The summed E-state index contributed by atoms with van der Waals surface area (Å²) in [6.07, 6.45) is 0. The number of hydrogen-bond acceptors (Lipinski definition) is 2. The van der Waals surface area contributed by atoms with Gasteiger partial charge >= 0.3 is 6.03 Å². The lowest BCUT2D eigenvalue weighted by Gasteiger charge is -2.10. The number of hydrogen-bond donors (Lipinski definition) is 1. The highest BCUT2D eigenvalue weighted by atomic mass is 16.2. The van der Waals surface area contributed by atoms with Crippen molar-refractivity contribution in [3.63, 3.8) is 0 Å². The lowest BCUT2D eigenvalue weighted by molar-refractivity contribution is 0.218. The molecule has 1 rings (SSSR count). The Morgan fingerprint density at radius 3 is 3.18 bits per heavy atom. The normalized spacial score (nSPS) is 16.0. The van der Waals surface area contributed by atoms with Gasteiger partial charge in [-0.1, -0.05) is 5.11 Å². The molecule has 0 aliphatic carbocycles. The molecule has 0 spiro atoms. The first-order valence-corrected chi connectivity index (χ1v) is 3.38. The predicted octanol–water partition coefficient (Wildman–Crippen LogP) is 0.322. The summed E-state index contributed by atoms with van der Waals surface area (Å²) >= 11 is 0. The molecule has 0 aromatic rings. The number of carbonyl (C=O) groups excluding carboxylic acids is 1. The Kier molecular flexibility index (Phi) is 2.57. The van der Waals surface area contributed by atoms with Crippen LogP contribution in [0.25, 0.3) is 10.4 Å². The third-order valence-corrected chi connectivity index (χ3v) is 1.48. The molecule has 0 unspecified atom stereocenters. The standard InChI is InChI=1S/C5H9N5O/c6-9-8-2-4-10-3-1-7-5(10)11/h1-4H2,(H,7,11). The average molecular weight is 155 g/mol. The molecule has 6 heteroatoms. The van der Waals surface area contributed by atoms with E-state index in [9.17, 15) is 4.79 Å². The Hall–Kier alpha value is -1.42. The van der Waals surface area contributed by atoms with Crippen molar-refractivity contribution < 1.29 is 4.79 Å². The summed E-state index contributed by atoms with van der Waals surface area (Å²) in [7, 11) is 0. The molecule has 0 radical (unpaired) electrons. The van der Waals surface area contributed by atoms with Crippen molar-refractivity contribution in [3.05, 3.63) is 10.4 Å². The van der Waals surface area contributed by atoms with E-state index in [-0.39, 0.29) is 6.03 Å². The molecular formula is C5H9N5O. The molecule has 0 atom stereocenters. The van der Waals surface area contributed by atoms with E-state index in [0.717, 1.165) is 0 Å². The van der Waals surface area contributed by atoms with Crippen molar-refractivity contribution in [1.82, 2.24) is 10.2 Å². The maximum Gasteiger partial charge on any atom is 0.317 e. The number of urea groups is 1. The van der Waals surface area contributed by atoms with E-state index in [1.165, 1.54) is 0 Å². The van der Waals surface area contributed by atoms with Crippen LogP contribution in [0.4, 0.5) is 4.79 Å². The fourth-order valence-electron chi connectivity index (χ4n) is 0.935. The van der Waals surface area contributed by atoms with Crippen LogP contribution in [0.3, 0.4) is 0 Å². The molecule has 1 aliphatic rings. The fourth-order valence-corrected chi connectivity index (χ4v) is 0.935. The number of nitrogens with zero attached hydrogens (tertiary/aromatic N) is 4. The number of azide groups is 1. The van der Waals surface area contributed by atoms with Crippen LogP contribution in [-0.4, -0.2) is 37.1 Å². The Morgan fingerprint density at radius 2 is 2.64 bits per heavy atom. The van der Waals surface area contributed by atoms with Gasteiger partial charge in [0.05, 0.1) is 0 Å². The minimum Gasteiger partial charge on any atom is -0.336 e. The Balaban J connectivity index is 2.25. The maximum atomic E-state index is 10.8. The van der Waals surface area contributed by atoms with Gasteiger partial charge in [-0.05, 0) is 5.53 Å². The third-order valence-electron chi connectivity index (χ3n) is 1.48. The van der Waals surface area contributed by atoms with Gasteiger partial charge in [-0.25, -0.2) is 4.79 Å². The van der Waals surface area contributed by atoms with Crippen LogP contribution < -0.4 is 5.32 Å². The first-order chi connectivity index (χ1) is 5.34. The van der Waals surface area contributed by atoms with Gasteiger partial charge in [0, 0.05) is 31.1 Å². The molecule has 6 nitrogen and oxygen atoms in total. The summed E-state index contributed by atoms with van der Waals surface area (Å²) < 4.78 is 0. The predicted molar refractivity (Wildman–Crippen MR) is 39.0 cm³/mol. The zero-order chi connectivity index (χ0) is 8.10. The van der Waals surface area contributed by atoms with E-state index in [1.54, 1.807) is 4.90 Å². The van der Waals surface area contributed by atoms with Crippen molar-refractivity contribution in [3.8, 4) is 0 Å². The molecule has 0 aromatic carbocycles. The molecule has 1 heterocycles. The first kappa shape index (κ1) is 7.68. The molecule has 0 aromatic heterocycles. The SMILES string of the molecule is [N-]=[N+]=NCCN1CCNC1=O. The van der Waals surface area contributed by atoms with E-state index in [2.05, 4.69) is 15.3 Å². The zero-order valence-corrected chi connectivity index (χ0v) is 6.03. The van der Waals surface area contributed by atoms with Crippen molar-refractivity contribution in [2.45, 2.75) is 0 Å². The van der Waals surface area contributed by atoms with Gasteiger partial charge in [-0.2, -0.15) is 0 Å². The number of nitrogens with one attached hydrogen (secondary N) is 1. The molecular weight excluding hydrogens is 146 g/mol. The van der Waals surface area contributed by atoms with Crippen LogP contribution >= 0.6 is 0 Å². The second-order valence-corrected chi connectivity index (χ2v) is 2.17. The molecule has 11 heavy (non-hydrogen) atoms. The number of carbonyl (C=O) groups is 1. The lowest BCUT2D eigenvalue weighted by atomic mass is 10.5. The van der Waals surface area contributed by atoms with Crippen molar-refractivity contribution in [1.29, 1.82) is 0 Å². The topological polar surface area (TPSA) is 81.1 Å². The lowest BCUT2D eigenvalue weighted by Crippen LogP contribution is -2.30. The highest BCUT2D eigenvalue weighted by Gasteiger charge is 2.17. The quantitative estimate of drug-likeness (QED) is 0.355. The monoisotopic (exact) mass is 155 g/mol. The van der Waals surface area contributed by atoms with Gasteiger partial charge in [-0.3, -0.25) is 0 Å². The van der Waals surface area contributed by atoms with Crippen LogP contribution in [0.15, 0.2) is 5.11 Å². The van der Waals surface area contributed by atoms with Crippen molar-refractivity contribution in [2.24, 2.45) is 5.11 Å². The third kappa shape index (κ3) is 2.01.